The van der Waals surface area contributed by atoms with Gasteiger partial charge >= 0.3 is 5.97 Å². The molecule has 2 aromatic rings. The Bertz CT molecular complexity index is 672. The Morgan fingerprint density at radius 2 is 1.73 bits per heavy atom. The van der Waals surface area contributed by atoms with Crippen LogP contribution in [0.5, 0.6) is 0 Å². The minimum atomic E-state index is -0.974. The number of rotatable bonds is 4. The van der Waals surface area contributed by atoms with Crippen molar-refractivity contribution in [2.24, 2.45) is 0 Å². The number of carbonyl (C=O) groups is 2. The molecule has 114 valence electrons. The molecule has 2 rings (SSSR count). The first-order valence-corrected chi connectivity index (χ1v) is 7.09. The van der Waals surface area contributed by atoms with Crippen LogP contribution in [0.4, 0.5) is 5.69 Å². The van der Waals surface area contributed by atoms with Crippen LogP contribution in [0.25, 0.3) is 0 Å². The summed E-state index contributed by atoms with van der Waals surface area (Å²) in [5, 5.41) is 3.37. The fraction of sp³-hybridized carbons (Fsp3) is 0.133. The molecule has 0 aliphatic carbocycles. The van der Waals surface area contributed by atoms with Gasteiger partial charge in [0, 0.05) is 28.1 Å². The van der Waals surface area contributed by atoms with Gasteiger partial charge in [-0.15, -0.1) is 0 Å². The highest BCUT2D eigenvalue weighted by molar-refractivity contribution is 6.35. The van der Waals surface area contributed by atoms with Crippen LogP contribution in [0.2, 0.25) is 10.0 Å². The van der Waals surface area contributed by atoms with Gasteiger partial charge in [-0.3, -0.25) is 9.78 Å². The maximum absolute atomic E-state index is 12.0. The van der Waals surface area contributed by atoms with Gasteiger partial charge in [-0.25, -0.2) is 4.79 Å². The van der Waals surface area contributed by atoms with E-state index in [1.54, 1.807) is 18.2 Å². The zero-order chi connectivity index (χ0) is 16.1. The van der Waals surface area contributed by atoms with Gasteiger partial charge in [-0.1, -0.05) is 23.2 Å². The molecule has 7 heteroatoms. The first-order valence-electron chi connectivity index (χ1n) is 6.33. The summed E-state index contributed by atoms with van der Waals surface area (Å²) in [6.07, 6.45) is 1.96. The second-order valence-corrected chi connectivity index (χ2v) is 5.30. The van der Waals surface area contributed by atoms with Crippen molar-refractivity contribution in [1.29, 1.82) is 0 Å². The van der Waals surface area contributed by atoms with Gasteiger partial charge in [0.05, 0.1) is 5.56 Å². The molecule has 1 heterocycles. The van der Waals surface area contributed by atoms with Gasteiger partial charge in [0.1, 0.15) is 0 Å². The van der Waals surface area contributed by atoms with E-state index in [1.807, 2.05) is 0 Å². The van der Waals surface area contributed by atoms with E-state index in [-0.39, 0.29) is 0 Å². The van der Waals surface area contributed by atoms with Crippen LogP contribution in [0.3, 0.4) is 0 Å². The minimum Gasteiger partial charge on any atom is -0.449 e. The Labute approximate surface area is 137 Å². The van der Waals surface area contributed by atoms with Gasteiger partial charge in [-0.2, -0.15) is 0 Å². The van der Waals surface area contributed by atoms with Crippen LogP contribution in [0.1, 0.15) is 17.3 Å². The number of esters is 1. The van der Waals surface area contributed by atoms with Crippen LogP contribution < -0.4 is 5.32 Å². The molecule has 22 heavy (non-hydrogen) atoms. The zero-order valence-electron chi connectivity index (χ0n) is 11.5. The summed E-state index contributed by atoms with van der Waals surface area (Å²) < 4.78 is 5.09. The standard InChI is InChI=1S/C15H12Cl2N2O3/c1-9(22-15(21)10-2-4-18-5-3-10)14(20)19-13-7-11(16)6-12(17)8-13/h2-9H,1H3,(H,19,20). The molecule has 1 aromatic heterocycles. The number of nitrogens with zero attached hydrogens (tertiary/aromatic N) is 1. The molecule has 0 spiro atoms. The molecule has 1 aromatic carbocycles. The number of ether oxygens (including phenoxy) is 1. The smallest absolute Gasteiger partial charge is 0.339 e. The summed E-state index contributed by atoms with van der Waals surface area (Å²) in [7, 11) is 0. The maximum atomic E-state index is 12.0. The lowest BCUT2D eigenvalue weighted by Gasteiger charge is -2.13. The van der Waals surface area contributed by atoms with Crippen molar-refractivity contribution >= 4 is 40.8 Å². The molecular weight excluding hydrogens is 327 g/mol. The third-order valence-electron chi connectivity index (χ3n) is 2.70. The van der Waals surface area contributed by atoms with Crippen LogP contribution in [-0.2, 0) is 9.53 Å². The molecule has 1 N–H and O–H groups in total. The largest absolute Gasteiger partial charge is 0.449 e. The second kappa shape index (κ2) is 7.24. The van der Waals surface area contributed by atoms with Gasteiger partial charge in [0.2, 0.25) is 0 Å². The van der Waals surface area contributed by atoms with Gasteiger partial charge in [-0.05, 0) is 37.3 Å². The summed E-state index contributed by atoms with van der Waals surface area (Å²) in [5.41, 5.74) is 0.745. The number of benzene rings is 1. The SMILES string of the molecule is CC(OC(=O)c1ccncc1)C(=O)Nc1cc(Cl)cc(Cl)c1. The number of anilines is 1. The maximum Gasteiger partial charge on any atom is 0.339 e. The highest BCUT2D eigenvalue weighted by atomic mass is 35.5. The monoisotopic (exact) mass is 338 g/mol. The summed E-state index contributed by atoms with van der Waals surface area (Å²) in [6, 6.07) is 7.64. The lowest BCUT2D eigenvalue weighted by atomic mass is 10.2. The van der Waals surface area contributed by atoms with E-state index in [0.717, 1.165) is 0 Å². The first kappa shape index (κ1) is 16.3. The quantitative estimate of drug-likeness (QED) is 0.865. The fourth-order valence-corrected chi connectivity index (χ4v) is 2.17. The molecule has 0 fully saturated rings. The van der Waals surface area contributed by atoms with Gasteiger partial charge < -0.3 is 10.1 Å². The van der Waals surface area contributed by atoms with Crippen LogP contribution in [0.15, 0.2) is 42.7 Å². The number of aromatic nitrogens is 1. The van der Waals surface area contributed by atoms with Gasteiger partial charge in [0.25, 0.3) is 5.91 Å². The average Bonchev–Trinajstić information content (AvgIpc) is 2.46. The van der Waals surface area contributed by atoms with Crippen molar-refractivity contribution in [2.75, 3.05) is 5.32 Å². The number of nitrogens with one attached hydrogen (secondary N) is 1. The second-order valence-electron chi connectivity index (χ2n) is 4.43. The molecule has 0 saturated carbocycles. The first-order chi connectivity index (χ1) is 10.5. The third kappa shape index (κ3) is 4.44. The van der Waals surface area contributed by atoms with Crippen molar-refractivity contribution in [3.05, 3.63) is 58.3 Å². The van der Waals surface area contributed by atoms with E-state index in [0.29, 0.717) is 21.3 Å². The summed E-state index contributed by atoms with van der Waals surface area (Å²) in [5.74, 6) is -1.09. The lowest BCUT2D eigenvalue weighted by Crippen LogP contribution is -2.30. The number of carbonyl (C=O) groups excluding carboxylic acids is 2. The Balaban J connectivity index is 1.99. The number of pyridine rings is 1. The minimum absolute atomic E-state index is 0.320. The number of amides is 1. The molecule has 5 nitrogen and oxygen atoms in total. The molecule has 0 radical (unpaired) electrons. The Morgan fingerprint density at radius 3 is 2.32 bits per heavy atom. The average molecular weight is 339 g/mol. The van der Waals surface area contributed by atoms with E-state index in [9.17, 15) is 9.59 Å². The molecule has 0 aliphatic rings. The van der Waals surface area contributed by atoms with E-state index >= 15 is 0 Å². The van der Waals surface area contributed by atoms with Crippen molar-refractivity contribution in [3.8, 4) is 0 Å². The molecule has 1 amide bonds. The van der Waals surface area contributed by atoms with E-state index in [2.05, 4.69) is 10.3 Å². The predicted molar refractivity (Wildman–Crippen MR) is 84.2 cm³/mol. The number of hydrogen-bond acceptors (Lipinski definition) is 4. The summed E-state index contributed by atoms with van der Waals surface area (Å²) >= 11 is 11.7. The number of hydrogen-bond donors (Lipinski definition) is 1. The Morgan fingerprint density at radius 1 is 1.14 bits per heavy atom. The third-order valence-corrected chi connectivity index (χ3v) is 3.14. The summed E-state index contributed by atoms with van der Waals surface area (Å²) in [6.45, 7) is 1.47. The molecule has 0 saturated heterocycles. The van der Waals surface area contributed by atoms with Gasteiger partial charge in [0.15, 0.2) is 6.10 Å². The van der Waals surface area contributed by atoms with Crippen LogP contribution >= 0.6 is 23.2 Å². The molecule has 0 bridgehead atoms. The van der Waals surface area contributed by atoms with Crippen molar-refractivity contribution in [3.63, 3.8) is 0 Å². The normalized spacial score (nSPS) is 11.6. The highest BCUT2D eigenvalue weighted by Crippen LogP contribution is 2.22. The topological polar surface area (TPSA) is 68.3 Å². The Kier molecular flexibility index (Phi) is 5.35. The van der Waals surface area contributed by atoms with E-state index in [1.165, 1.54) is 31.5 Å². The Hall–Kier alpha value is -2.11. The van der Waals surface area contributed by atoms with Crippen molar-refractivity contribution in [1.82, 2.24) is 4.98 Å². The summed E-state index contributed by atoms with van der Waals surface area (Å²) in [4.78, 5) is 27.7. The predicted octanol–water partition coefficient (Wildman–Crippen LogP) is 3.57. The fourth-order valence-electron chi connectivity index (χ4n) is 1.64. The molecule has 1 unspecified atom stereocenters. The molecule has 1 atom stereocenters. The van der Waals surface area contributed by atoms with E-state index < -0.39 is 18.0 Å². The van der Waals surface area contributed by atoms with Crippen molar-refractivity contribution < 1.29 is 14.3 Å². The van der Waals surface area contributed by atoms with Crippen molar-refractivity contribution in [2.45, 2.75) is 13.0 Å². The molecule has 0 aliphatic heterocycles. The number of halogens is 2. The molecular formula is C15H12Cl2N2O3. The van der Waals surface area contributed by atoms with Crippen LogP contribution in [-0.4, -0.2) is 23.0 Å². The van der Waals surface area contributed by atoms with E-state index in [4.69, 9.17) is 27.9 Å². The lowest BCUT2D eigenvalue weighted by molar-refractivity contribution is -0.123. The van der Waals surface area contributed by atoms with Crippen LogP contribution in [0, 0.1) is 0 Å². The zero-order valence-corrected chi connectivity index (χ0v) is 13.1. The highest BCUT2D eigenvalue weighted by Gasteiger charge is 2.19.